The Balaban J connectivity index is 1.41. The lowest BCUT2D eigenvalue weighted by Crippen LogP contribution is -2.51. The van der Waals surface area contributed by atoms with Crippen LogP contribution in [0, 0.1) is 5.92 Å². The van der Waals surface area contributed by atoms with Gasteiger partial charge in [-0.05, 0) is 31.4 Å². The summed E-state index contributed by atoms with van der Waals surface area (Å²) in [6, 6.07) is 8.09. The van der Waals surface area contributed by atoms with Crippen LogP contribution in [-0.2, 0) is 20.9 Å². The van der Waals surface area contributed by atoms with Crippen molar-refractivity contribution < 1.29 is 19.1 Å². The summed E-state index contributed by atoms with van der Waals surface area (Å²) < 4.78 is 13.1. The van der Waals surface area contributed by atoms with Crippen LogP contribution in [-0.4, -0.2) is 52.8 Å². The molecule has 2 aliphatic rings. The van der Waals surface area contributed by atoms with E-state index in [0.29, 0.717) is 25.4 Å². The number of nitrogens with zero attached hydrogens (tertiary/aromatic N) is 2. The Hall–Kier alpha value is -2.61. The van der Waals surface area contributed by atoms with Gasteiger partial charge in [-0.15, -0.1) is 0 Å². The van der Waals surface area contributed by atoms with Crippen LogP contribution in [0.5, 0.6) is 6.01 Å². The van der Waals surface area contributed by atoms with Crippen LogP contribution in [0.3, 0.4) is 0 Å². The molecule has 1 aliphatic carbocycles. The average Bonchev–Trinajstić information content (AvgIpc) is 3.08. The lowest BCUT2D eigenvalue weighted by molar-refractivity contribution is -0.147. The van der Waals surface area contributed by atoms with Crippen molar-refractivity contribution in [2.24, 2.45) is 5.92 Å². The predicted molar refractivity (Wildman–Crippen MR) is 108 cm³/mol. The number of aromatic nitrogens is 2. The smallest absolute Gasteiger partial charge is 0.331 e. The molecule has 2 heterocycles. The number of aryl methyl sites for hydroxylation is 1. The lowest BCUT2D eigenvalue weighted by atomic mass is 10.1. The molecule has 8 nitrogen and oxygen atoms in total. The molecule has 0 bridgehead atoms. The minimum absolute atomic E-state index is 0.136. The molecule has 1 amide bonds. The Morgan fingerprint density at radius 3 is 2.83 bits per heavy atom. The highest BCUT2D eigenvalue weighted by Crippen LogP contribution is 2.46. The van der Waals surface area contributed by atoms with Crippen LogP contribution in [0.15, 0.2) is 24.3 Å². The van der Waals surface area contributed by atoms with Gasteiger partial charge in [0, 0.05) is 19.5 Å². The summed E-state index contributed by atoms with van der Waals surface area (Å²) in [7, 11) is 1.36. The number of ether oxygens (including phenoxy) is 2. The highest BCUT2D eigenvalue weighted by atomic mass is 16.5. The topological polar surface area (TPSA) is 94.5 Å². The summed E-state index contributed by atoms with van der Waals surface area (Å²) >= 11 is 0. The molecular weight excluding hydrogens is 372 g/mol. The van der Waals surface area contributed by atoms with E-state index in [-0.39, 0.29) is 23.9 Å². The highest BCUT2D eigenvalue weighted by Gasteiger charge is 2.61. The van der Waals surface area contributed by atoms with Gasteiger partial charge < -0.3 is 20.1 Å². The number of hydrogen-bond donors (Lipinski definition) is 2. The van der Waals surface area contributed by atoms with E-state index < -0.39 is 11.6 Å². The van der Waals surface area contributed by atoms with Gasteiger partial charge in [0.2, 0.25) is 5.91 Å². The van der Waals surface area contributed by atoms with Crippen molar-refractivity contribution in [1.29, 1.82) is 0 Å². The third-order valence-corrected chi connectivity index (χ3v) is 6.11. The largest absolute Gasteiger partial charge is 0.467 e. The first-order chi connectivity index (χ1) is 14.0. The molecule has 2 N–H and O–H groups in total. The number of fused-ring (bicyclic) bond motifs is 1. The third-order valence-electron chi connectivity index (χ3n) is 6.11. The van der Waals surface area contributed by atoms with Crippen LogP contribution >= 0.6 is 0 Å². The van der Waals surface area contributed by atoms with Crippen molar-refractivity contribution >= 4 is 22.9 Å². The number of carbonyl (C=O) groups is 2. The average molecular weight is 400 g/mol. The van der Waals surface area contributed by atoms with Crippen LogP contribution in [0.25, 0.3) is 11.0 Å². The summed E-state index contributed by atoms with van der Waals surface area (Å²) in [4.78, 5) is 29.6. The second kappa shape index (κ2) is 7.67. The number of para-hydroxylation sites is 2. The minimum Gasteiger partial charge on any atom is -0.467 e. The summed E-state index contributed by atoms with van der Waals surface area (Å²) in [5.41, 5.74) is 1.06. The van der Waals surface area contributed by atoms with Gasteiger partial charge in [0.15, 0.2) is 0 Å². The molecule has 156 valence electrons. The first-order valence-electron chi connectivity index (χ1n) is 10.3. The summed E-state index contributed by atoms with van der Waals surface area (Å²) in [5, 5.41) is 6.15. The van der Waals surface area contributed by atoms with Gasteiger partial charge >= 0.3 is 5.97 Å². The van der Waals surface area contributed by atoms with Gasteiger partial charge in [-0.25, -0.2) is 4.79 Å². The maximum atomic E-state index is 12.8. The van der Waals surface area contributed by atoms with E-state index in [1.807, 2.05) is 35.8 Å². The Morgan fingerprint density at radius 1 is 1.34 bits per heavy atom. The maximum absolute atomic E-state index is 12.8. The summed E-state index contributed by atoms with van der Waals surface area (Å²) in [5.74, 6) is -0.404. The molecule has 2 aromatic rings. The normalized spacial score (nSPS) is 28.3. The molecule has 0 radical (unpaired) electrons. The fourth-order valence-electron chi connectivity index (χ4n) is 4.36. The van der Waals surface area contributed by atoms with Crippen LogP contribution in [0.4, 0.5) is 0 Å². The fraction of sp³-hybridized carbons (Fsp3) is 0.571. The molecule has 0 spiro atoms. The monoisotopic (exact) mass is 400 g/mol. The Kier molecular flexibility index (Phi) is 5.21. The van der Waals surface area contributed by atoms with Crippen LogP contribution < -0.4 is 15.4 Å². The van der Waals surface area contributed by atoms with E-state index in [4.69, 9.17) is 9.47 Å². The van der Waals surface area contributed by atoms with E-state index in [1.54, 1.807) is 0 Å². The van der Waals surface area contributed by atoms with Crippen molar-refractivity contribution in [2.75, 3.05) is 13.7 Å². The number of rotatable bonds is 7. The Bertz CT molecular complexity index is 927. The predicted octanol–water partition coefficient (Wildman–Crippen LogP) is 1.62. The number of nitrogens with one attached hydrogen (secondary N) is 2. The van der Waals surface area contributed by atoms with Gasteiger partial charge in [-0.1, -0.05) is 25.5 Å². The number of methoxy groups -OCH3 is 1. The second-order valence-corrected chi connectivity index (χ2v) is 7.83. The standard InChI is InChI=1S/C21H28N4O4/c1-4-13-11-21(13,19(27)28-3)24-18(26)16-10-14(12-22-16)29-20-23-15-8-6-7-9-17(15)25(20)5-2/h6-9,13-14,16,22H,4-5,10-12H2,1-3H3,(H,24,26). The van der Waals surface area contributed by atoms with E-state index in [1.165, 1.54) is 7.11 Å². The van der Waals surface area contributed by atoms with Crippen molar-refractivity contribution in [1.82, 2.24) is 20.2 Å². The Morgan fingerprint density at radius 2 is 2.14 bits per heavy atom. The highest BCUT2D eigenvalue weighted by molar-refractivity contribution is 5.93. The molecule has 1 saturated heterocycles. The molecule has 1 aliphatic heterocycles. The summed E-state index contributed by atoms with van der Waals surface area (Å²) in [6.07, 6.45) is 1.82. The zero-order valence-electron chi connectivity index (χ0n) is 17.1. The molecule has 29 heavy (non-hydrogen) atoms. The van der Waals surface area contributed by atoms with Crippen LogP contribution in [0.2, 0.25) is 0 Å². The van der Waals surface area contributed by atoms with Gasteiger partial charge in [-0.2, -0.15) is 4.98 Å². The molecular formula is C21H28N4O4. The maximum Gasteiger partial charge on any atom is 0.331 e. The number of hydrogen-bond acceptors (Lipinski definition) is 6. The number of imidazole rings is 1. The molecule has 1 aromatic carbocycles. The molecule has 1 saturated carbocycles. The number of carbonyl (C=O) groups excluding carboxylic acids is 2. The second-order valence-electron chi connectivity index (χ2n) is 7.83. The molecule has 4 unspecified atom stereocenters. The van der Waals surface area contributed by atoms with Crippen molar-refractivity contribution in [3.8, 4) is 6.01 Å². The minimum atomic E-state index is -0.864. The molecule has 4 atom stereocenters. The SMILES string of the molecule is CCC1CC1(NC(=O)C1CC(Oc2nc3ccccc3n2CC)CN1)C(=O)OC. The number of esters is 1. The third kappa shape index (κ3) is 3.46. The van der Waals surface area contributed by atoms with Crippen molar-refractivity contribution in [3.05, 3.63) is 24.3 Å². The first kappa shape index (κ1) is 19.7. The van der Waals surface area contributed by atoms with Gasteiger partial charge in [-0.3, -0.25) is 9.36 Å². The summed E-state index contributed by atoms with van der Waals surface area (Å²) in [6.45, 7) is 5.36. The zero-order chi connectivity index (χ0) is 20.6. The molecule has 4 rings (SSSR count). The van der Waals surface area contributed by atoms with Gasteiger partial charge in [0.05, 0.1) is 24.2 Å². The lowest BCUT2D eigenvalue weighted by Gasteiger charge is -2.19. The number of amides is 1. The molecule has 1 aromatic heterocycles. The molecule has 8 heteroatoms. The van der Waals surface area contributed by atoms with E-state index in [9.17, 15) is 9.59 Å². The molecule has 2 fully saturated rings. The van der Waals surface area contributed by atoms with Crippen LogP contribution in [0.1, 0.15) is 33.1 Å². The van der Waals surface area contributed by atoms with Gasteiger partial charge in [0.1, 0.15) is 11.6 Å². The van der Waals surface area contributed by atoms with Gasteiger partial charge in [0.25, 0.3) is 6.01 Å². The zero-order valence-corrected chi connectivity index (χ0v) is 17.1. The number of benzene rings is 1. The van der Waals surface area contributed by atoms with E-state index >= 15 is 0 Å². The van der Waals surface area contributed by atoms with Crippen molar-refractivity contribution in [3.63, 3.8) is 0 Å². The van der Waals surface area contributed by atoms with E-state index in [0.717, 1.165) is 24.0 Å². The first-order valence-corrected chi connectivity index (χ1v) is 10.3. The van der Waals surface area contributed by atoms with Crippen molar-refractivity contribution in [2.45, 2.75) is 57.3 Å². The fourth-order valence-corrected chi connectivity index (χ4v) is 4.36. The quantitative estimate of drug-likeness (QED) is 0.686. The van der Waals surface area contributed by atoms with E-state index in [2.05, 4.69) is 22.5 Å². The Labute approximate surface area is 169 Å².